The zero-order valence-electron chi connectivity index (χ0n) is 26.1. The molecule has 0 spiro atoms. The van der Waals surface area contributed by atoms with Crippen LogP contribution in [0.15, 0.2) is 89.4 Å². The van der Waals surface area contributed by atoms with Gasteiger partial charge in [0.25, 0.3) is 0 Å². The minimum absolute atomic E-state index is 0.119. The Morgan fingerprint density at radius 3 is 2.50 bits per heavy atom. The van der Waals surface area contributed by atoms with Crippen LogP contribution in [-0.2, 0) is 18.3 Å². The van der Waals surface area contributed by atoms with Crippen LogP contribution in [0.3, 0.4) is 0 Å². The average Bonchev–Trinajstić information content (AvgIpc) is 3.68. The van der Waals surface area contributed by atoms with Crippen LogP contribution in [0.2, 0.25) is 0 Å². The lowest BCUT2D eigenvalue weighted by Gasteiger charge is -2.21. The first-order valence-electron chi connectivity index (χ1n) is 16.0. The molecule has 9 rings (SSSR count). The second kappa shape index (κ2) is 9.46. The number of hydrogen-bond acceptors (Lipinski definition) is 3. The maximum atomic E-state index is 10.1. The van der Waals surface area contributed by atoms with Gasteiger partial charge in [0.15, 0.2) is 0 Å². The predicted molar refractivity (Wildman–Crippen MR) is 185 cm³/mol. The summed E-state index contributed by atoms with van der Waals surface area (Å²) in [6, 6.07) is 30.4. The van der Waals surface area contributed by atoms with E-state index in [1.54, 1.807) is 0 Å². The maximum absolute atomic E-state index is 10.1. The van der Waals surface area contributed by atoms with E-state index in [-0.39, 0.29) is 11.3 Å². The van der Waals surface area contributed by atoms with Crippen molar-refractivity contribution in [3.05, 3.63) is 124 Å². The predicted octanol–water partition coefficient (Wildman–Crippen LogP) is 10.1. The van der Waals surface area contributed by atoms with Crippen LogP contribution in [0.4, 0.5) is 0 Å². The third kappa shape index (κ3) is 3.59. The highest BCUT2D eigenvalue weighted by Crippen LogP contribution is 2.51. The van der Waals surface area contributed by atoms with Crippen LogP contribution < -0.4 is 0 Å². The van der Waals surface area contributed by atoms with Crippen LogP contribution in [0.25, 0.3) is 62.0 Å². The van der Waals surface area contributed by atoms with E-state index >= 15 is 0 Å². The van der Waals surface area contributed by atoms with Gasteiger partial charge in [0, 0.05) is 33.1 Å². The number of fused-ring (bicyclic) bond motifs is 9. The van der Waals surface area contributed by atoms with Crippen molar-refractivity contribution >= 4 is 34.1 Å². The summed E-state index contributed by atoms with van der Waals surface area (Å²) in [4.78, 5) is 0. The van der Waals surface area contributed by atoms with E-state index in [0.29, 0.717) is 17.9 Å². The SMILES string of the molecule is CC1C=Cc2c3c(n(-c4ccc(C#N)cc4-c4cccc5oc6cc7c(cc6c45)-c4ccccc4C7(C)C)c2C1)C=CC(C#N)C3. The second-order valence-electron chi connectivity index (χ2n) is 13.6. The molecule has 2 atom stereocenters. The lowest BCUT2D eigenvalue weighted by atomic mass is 9.82. The van der Waals surface area contributed by atoms with Crippen molar-refractivity contribution < 1.29 is 4.42 Å². The molecule has 2 unspecified atom stereocenters. The van der Waals surface area contributed by atoms with Gasteiger partial charge in [-0.05, 0) is 100 Å². The molecule has 46 heavy (non-hydrogen) atoms. The molecule has 0 amide bonds. The first-order valence-corrected chi connectivity index (χ1v) is 16.0. The number of hydrogen-bond donors (Lipinski definition) is 0. The largest absolute Gasteiger partial charge is 0.456 e. The first kappa shape index (κ1) is 26.8. The molecule has 0 bridgehead atoms. The molecule has 3 aliphatic carbocycles. The van der Waals surface area contributed by atoms with Crippen LogP contribution in [0.1, 0.15) is 60.0 Å². The monoisotopic (exact) mass is 593 g/mol. The van der Waals surface area contributed by atoms with Crippen LogP contribution >= 0.6 is 0 Å². The molecule has 6 aromatic rings. The standard InChI is InChI=1S/C42H31N3O/c1-24-11-14-28-31-18-25(22-43)12-15-36(31)45(38(28)17-24)37-16-13-26(23-44)19-32(37)29-8-6-10-39-41(29)33-20-30-27-7-4-5-9-34(27)42(2,3)35(30)21-40(33)46-39/h4-16,19-21,24-25H,17-18H2,1-3H3. The normalized spacial score (nSPS) is 18.5. The van der Waals surface area contributed by atoms with Crippen molar-refractivity contribution in [1.29, 1.82) is 10.5 Å². The van der Waals surface area contributed by atoms with Gasteiger partial charge in [0.05, 0.1) is 29.3 Å². The van der Waals surface area contributed by atoms with Crippen molar-refractivity contribution in [3.63, 3.8) is 0 Å². The van der Waals surface area contributed by atoms with Crippen molar-refractivity contribution in [1.82, 2.24) is 4.57 Å². The smallest absolute Gasteiger partial charge is 0.136 e. The number of aromatic nitrogens is 1. The van der Waals surface area contributed by atoms with Crippen LogP contribution in [0.5, 0.6) is 0 Å². The molecule has 3 aliphatic rings. The zero-order valence-corrected chi connectivity index (χ0v) is 26.1. The Morgan fingerprint density at radius 1 is 0.804 bits per heavy atom. The molecule has 0 saturated heterocycles. The van der Waals surface area contributed by atoms with Crippen LogP contribution in [0, 0.1) is 34.5 Å². The number of nitrogens with zero attached hydrogens (tertiary/aromatic N) is 3. The van der Waals surface area contributed by atoms with Gasteiger partial charge in [-0.25, -0.2) is 0 Å². The Kier molecular flexibility index (Phi) is 5.51. The Balaban J connectivity index is 1.34. The quantitative estimate of drug-likeness (QED) is 0.201. The fourth-order valence-corrected chi connectivity index (χ4v) is 8.25. The third-order valence-corrected chi connectivity index (χ3v) is 10.5. The van der Waals surface area contributed by atoms with Crippen molar-refractivity contribution in [2.45, 2.75) is 39.0 Å². The molecule has 0 saturated carbocycles. The maximum Gasteiger partial charge on any atom is 0.136 e. The summed E-state index contributed by atoms with van der Waals surface area (Å²) in [6.07, 6.45) is 10.3. The molecule has 0 aliphatic heterocycles. The number of nitriles is 2. The van der Waals surface area contributed by atoms with Crippen LogP contribution in [-0.4, -0.2) is 4.57 Å². The van der Waals surface area contributed by atoms with Crippen molar-refractivity contribution in [2.24, 2.45) is 11.8 Å². The van der Waals surface area contributed by atoms with E-state index in [0.717, 1.165) is 50.9 Å². The summed E-state index contributed by atoms with van der Waals surface area (Å²) in [5.74, 6) is 0.263. The molecule has 0 N–H and O–H groups in total. The minimum Gasteiger partial charge on any atom is -0.456 e. The van der Waals surface area contributed by atoms with Crippen molar-refractivity contribution in [3.8, 4) is 40.1 Å². The number of allylic oxidation sites excluding steroid dienone is 2. The molecule has 4 nitrogen and oxygen atoms in total. The van der Waals surface area contributed by atoms with Gasteiger partial charge in [-0.2, -0.15) is 10.5 Å². The highest BCUT2D eigenvalue weighted by molar-refractivity contribution is 6.14. The number of rotatable bonds is 2. The summed E-state index contributed by atoms with van der Waals surface area (Å²) in [7, 11) is 0. The van der Waals surface area contributed by atoms with E-state index in [1.807, 2.05) is 24.3 Å². The molecule has 4 heteroatoms. The molecule has 4 aromatic carbocycles. The fourth-order valence-electron chi connectivity index (χ4n) is 8.25. The van der Waals surface area contributed by atoms with Crippen molar-refractivity contribution in [2.75, 3.05) is 0 Å². The molecule has 0 radical (unpaired) electrons. The van der Waals surface area contributed by atoms with E-state index in [9.17, 15) is 10.5 Å². The summed E-state index contributed by atoms with van der Waals surface area (Å²) in [6.45, 7) is 6.83. The minimum atomic E-state index is -0.136. The average molecular weight is 594 g/mol. The third-order valence-electron chi connectivity index (χ3n) is 10.5. The second-order valence-corrected chi connectivity index (χ2v) is 13.6. The Morgan fingerprint density at radius 2 is 1.65 bits per heavy atom. The lowest BCUT2D eigenvalue weighted by Crippen LogP contribution is -2.14. The van der Waals surface area contributed by atoms with Gasteiger partial charge in [0.1, 0.15) is 11.2 Å². The number of furan rings is 1. The highest BCUT2D eigenvalue weighted by Gasteiger charge is 2.36. The summed E-state index contributed by atoms with van der Waals surface area (Å²) in [5, 5.41) is 22.0. The lowest BCUT2D eigenvalue weighted by molar-refractivity contribution is 0.647. The molecule has 220 valence electrons. The Labute approximate surface area is 268 Å². The van der Waals surface area contributed by atoms with E-state index in [2.05, 4.69) is 110 Å². The number of benzene rings is 4. The van der Waals surface area contributed by atoms with Gasteiger partial charge in [0.2, 0.25) is 0 Å². The van der Waals surface area contributed by atoms with E-state index in [1.165, 1.54) is 39.1 Å². The summed E-state index contributed by atoms with van der Waals surface area (Å²) < 4.78 is 9.01. The molecule has 0 fully saturated rings. The molecular formula is C42H31N3O. The van der Waals surface area contributed by atoms with Gasteiger partial charge in [-0.3, -0.25) is 0 Å². The zero-order chi connectivity index (χ0) is 31.3. The molecule has 2 aromatic heterocycles. The fraction of sp³-hybridized carbons (Fsp3) is 0.190. The van der Waals surface area contributed by atoms with Gasteiger partial charge >= 0.3 is 0 Å². The molecular weight excluding hydrogens is 562 g/mol. The first-order chi connectivity index (χ1) is 22.4. The summed E-state index contributed by atoms with van der Waals surface area (Å²) in [5.41, 5.74) is 15.3. The molecule has 2 heterocycles. The van der Waals surface area contributed by atoms with Gasteiger partial charge in [-0.15, -0.1) is 0 Å². The Bertz CT molecular complexity index is 2450. The van der Waals surface area contributed by atoms with E-state index < -0.39 is 0 Å². The highest BCUT2D eigenvalue weighted by atomic mass is 16.3. The topological polar surface area (TPSA) is 65.7 Å². The Hall–Kier alpha value is -5.58. The van der Waals surface area contributed by atoms with Gasteiger partial charge < -0.3 is 8.98 Å². The van der Waals surface area contributed by atoms with E-state index in [4.69, 9.17) is 4.42 Å². The summed E-state index contributed by atoms with van der Waals surface area (Å²) >= 11 is 0. The van der Waals surface area contributed by atoms with Gasteiger partial charge in [-0.1, -0.05) is 75.4 Å².